The molecule has 6 heteroatoms. The highest BCUT2D eigenvalue weighted by Gasteiger charge is 2.14. The van der Waals surface area contributed by atoms with Crippen LogP contribution < -0.4 is 15.8 Å². The fourth-order valence-electron chi connectivity index (χ4n) is 1.68. The molecule has 0 radical (unpaired) electrons. The van der Waals surface area contributed by atoms with Gasteiger partial charge in [-0.05, 0) is 31.2 Å². The van der Waals surface area contributed by atoms with E-state index in [0.717, 1.165) is 10.9 Å². The van der Waals surface area contributed by atoms with Crippen LogP contribution in [-0.4, -0.2) is 31.9 Å². The van der Waals surface area contributed by atoms with Gasteiger partial charge in [-0.15, -0.1) is 0 Å². The van der Waals surface area contributed by atoms with Gasteiger partial charge < -0.3 is 15.8 Å². The van der Waals surface area contributed by atoms with Crippen LogP contribution in [0, 0.1) is 0 Å². The van der Waals surface area contributed by atoms with E-state index >= 15 is 0 Å². The molecule has 0 spiro atoms. The summed E-state index contributed by atoms with van der Waals surface area (Å²) in [5, 5.41) is 2.72. The first kappa shape index (κ1) is 16.7. The first-order valence-corrected chi connectivity index (χ1v) is 7.21. The summed E-state index contributed by atoms with van der Waals surface area (Å²) >= 11 is 3.32. The number of methoxy groups -OCH3 is 1. The SMILES string of the molecule is COc1ccc(Br)cc1C(=O)CCC(=O)NCCCN. The maximum atomic E-state index is 12.1. The van der Waals surface area contributed by atoms with Crippen LogP contribution in [0.25, 0.3) is 0 Å². The minimum absolute atomic E-state index is 0.114. The molecular formula is C14H19BrN2O3. The molecule has 0 atom stereocenters. The van der Waals surface area contributed by atoms with Crippen LogP contribution >= 0.6 is 15.9 Å². The maximum Gasteiger partial charge on any atom is 0.220 e. The molecule has 1 amide bonds. The zero-order valence-electron chi connectivity index (χ0n) is 11.4. The average Bonchev–Trinajstić information content (AvgIpc) is 2.45. The van der Waals surface area contributed by atoms with Gasteiger partial charge in [0.25, 0.3) is 0 Å². The lowest BCUT2D eigenvalue weighted by Gasteiger charge is -2.08. The van der Waals surface area contributed by atoms with E-state index in [1.807, 2.05) is 0 Å². The first-order chi connectivity index (χ1) is 9.58. The molecule has 1 rings (SSSR count). The molecule has 0 aromatic heterocycles. The maximum absolute atomic E-state index is 12.1. The van der Waals surface area contributed by atoms with Gasteiger partial charge in [-0.3, -0.25) is 9.59 Å². The van der Waals surface area contributed by atoms with Gasteiger partial charge in [-0.2, -0.15) is 0 Å². The largest absolute Gasteiger partial charge is 0.496 e. The summed E-state index contributed by atoms with van der Waals surface area (Å²) in [7, 11) is 1.51. The zero-order chi connectivity index (χ0) is 15.0. The minimum atomic E-state index is -0.138. The van der Waals surface area contributed by atoms with Gasteiger partial charge in [0, 0.05) is 23.9 Å². The number of amides is 1. The number of ether oxygens (including phenoxy) is 1. The topological polar surface area (TPSA) is 81.4 Å². The van der Waals surface area contributed by atoms with Crippen molar-refractivity contribution in [2.75, 3.05) is 20.2 Å². The predicted octanol–water partition coefficient (Wildman–Crippen LogP) is 1.89. The molecule has 0 bridgehead atoms. The molecule has 0 aliphatic rings. The highest BCUT2D eigenvalue weighted by molar-refractivity contribution is 9.10. The van der Waals surface area contributed by atoms with Gasteiger partial charge in [0.05, 0.1) is 12.7 Å². The van der Waals surface area contributed by atoms with Crippen molar-refractivity contribution < 1.29 is 14.3 Å². The first-order valence-electron chi connectivity index (χ1n) is 6.42. The van der Waals surface area contributed by atoms with Crippen LogP contribution in [0.15, 0.2) is 22.7 Å². The van der Waals surface area contributed by atoms with E-state index in [-0.39, 0.29) is 24.5 Å². The summed E-state index contributed by atoms with van der Waals surface area (Å²) < 4.78 is 5.95. The van der Waals surface area contributed by atoms with Crippen LogP contribution in [0.3, 0.4) is 0 Å². The van der Waals surface area contributed by atoms with Crippen LogP contribution in [0.5, 0.6) is 5.75 Å². The highest BCUT2D eigenvalue weighted by atomic mass is 79.9. The number of Topliss-reactive ketones (excluding diaryl/α,β-unsaturated/α-hetero) is 1. The number of benzene rings is 1. The van der Waals surface area contributed by atoms with E-state index < -0.39 is 0 Å². The molecule has 0 aliphatic heterocycles. The van der Waals surface area contributed by atoms with Crippen molar-refractivity contribution >= 4 is 27.6 Å². The average molecular weight is 343 g/mol. The lowest BCUT2D eigenvalue weighted by atomic mass is 10.1. The Balaban J connectivity index is 2.54. The smallest absolute Gasteiger partial charge is 0.220 e. The monoisotopic (exact) mass is 342 g/mol. The predicted molar refractivity (Wildman–Crippen MR) is 80.9 cm³/mol. The third kappa shape index (κ3) is 5.30. The molecular weight excluding hydrogens is 324 g/mol. The quantitative estimate of drug-likeness (QED) is 0.558. The summed E-state index contributed by atoms with van der Waals surface area (Å²) in [6, 6.07) is 5.22. The highest BCUT2D eigenvalue weighted by Crippen LogP contribution is 2.24. The molecule has 5 nitrogen and oxygen atoms in total. The Morgan fingerprint density at radius 2 is 2.10 bits per heavy atom. The number of nitrogens with one attached hydrogen (secondary N) is 1. The van der Waals surface area contributed by atoms with Crippen molar-refractivity contribution in [1.29, 1.82) is 0 Å². The van der Waals surface area contributed by atoms with Gasteiger partial charge >= 0.3 is 0 Å². The molecule has 0 heterocycles. The fourth-order valence-corrected chi connectivity index (χ4v) is 2.04. The zero-order valence-corrected chi connectivity index (χ0v) is 13.0. The van der Waals surface area contributed by atoms with Crippen molar-refractivity contribution in [1.82, 2.24) is 5.32 Å². The molecule has 0 fully saturated rings. The number of hydrogen-bond acceptors (Lipinski definition) is 4. The van der Waals surface area contributed by atoms with Crippen LogP contribution in [0.4, 0.5) is 0 Å². The molecule has 3 N–H and O–H groups in total. The summed E-state index contributed by atoms with van der Waals surface area (Å²) in [6.45, 7) is 1.08. The standard InChI is InChI=1S/C14H19BrN2O3/c1-20-13-5-3-10(15)9-11(13)12(18)4-6-14(19)17-8-2-7-16/h3,5,9H,2,4,6-8,16H2,1H3,(H,17,19). The number of halogens is 1. The molecule has 0 saturated heterocycles. The summed E-state index contributed by atoms with van der Waals surface area (Å²) in [6.07, 6.45) is 1.06. The van der Waals surface area contributed by atoms with E-state index in [4.69, 9.17) is 10.5 Å². The lowest BCUT2D eigenvalue weighted by Crippen LogP contribution is -2.26. The third-order valence-corrected chi connectivity index (χ3v) is 3.24. The van der Waals surface area contributed by atoms with Gasteiger partial charge in [-0.1, -0.05) is 15.9 Å². The molecule has 0 saturated carbocycles. The molecule has 0 aliphatic carbocycles. The van der Waals surface area contributed by atoms with Gasteiger partial charge in [0.15, 0.2) is 5.78 Å². The Hall–Kier alpha value is -1.40. The van der Waals surface area contributed by atoms with E-state index in [0.29, 0.717) is 24.4 Å². The van der Waals surface area contributed by atoms with Crippen molar-refractivity contribution in [3.8, 4) is 5.75 Å². The van der Waals surface area contributed by atoms with Crippen molar-refractivity contribution in [2.45, 2.75) is 19.3 Å². The van der Waals surface area contributed by atoms with E-state index in [9.17, 15) is 9.59 Å². The third-order valence-electron chi connectivity index (χ3n) is 2.74. The normalized spacial score (nSPS) is 10.2. The summed E-state index contributed by atoms with van der Waals surface area (Å²) in [5.74, 6) is 0.264. The van der Waals surface area contributed by atoms with Crippen molar-refractivity contribution in [3.63, 3.8) is 0 Å². The molecule has 110 valence electrons. The van der Waals surface area contributed by atoms with Gasteiger partial charge in [-0.25, -0.2) is 0 Å². The van der Waals surface area contributed by atoms with E-state index in [2.05, 4.69) is 21.2 Å². The summed E-state index contributed by atoms with van der Waals surface area (Å²) in [4.78, 5) is 23.6. The second-order valence-corrected chi connectivity index (χ2v) is 5.18. The second kappa shape index (κ2) is 8.71. The molecule has 1 aromatic carbocycles. The number of carbonyl (C=O) groups excluding carboxylic acids is 2. The number of nitrogens with two attached hydrogens (primary N) is 1. The Bertz CT molecular complexity index is 477. The Kier molecular flexibility index (Phi) is 7.25. The minimum Gasteiger partial charge on any atom is -0.496 e. The fraction of sp³-hybridized carbons (Fsp3) is 0.429. The number of carbonyl (C=O) groups is 2. The number of rotatable bonds is 8. The van der Waals surface area contributed by atoms with Gasteiger partial charge in [0.2, 0.25) is 5.91 Å². The van der Waals surface area contributed by atoms with Crippen molar-refractivity contribution in [3.05, 3.63) is 28.2 Å². The Morgan fingerprint density at radius 3 is 2.75 bits per heavy atom. The summed E-state index contributed by atoms with van der Waals surface area (Å²) in [5.41, 5.74) is 5.82. The van der Waals surface area contributed by atoms with E-state index in [1.165, 1.54) is 7.11 Å². The molecule has 1 aromatic rings. The molecule has 0 unspecified atom stereocenters. The van der Waals surface area contributed by atoms with Crippen LogP contribution in [-0.2, 0) is 4.79 Å². The van der Waals surface area contributed by atoms with Crippen LogP contribution in [0.1, 0.15) is 29.6 Å². The molecule has 20 heavy (non-hydrogen) atoms. The van der Waals surface area contributed by atoms with E-state index in [1.54, 1.807) is 18.2 Å². The Morgan fingerprint density at radius 1 is 1.35 bits per heavy atom. The lowest BCUT2D eigenvalue weighted by molar-refractivity contribution is -0.121. The number of ketones is 1. The van der Waals surface area contributed by atoms with Gasteiger partial charge in [0.1, 0.15) is 5.75 Å². The van der Waals surface area contributed by atoms with Crippen molar-refractivity contribution in [2.24, 2.45) is 5.73 Å². The second-order valence-electron chi connectivity index (χ2n) is 4.26. The Labute approximate surface area is 127 Å². The number of hydrogen-bond donors (Lipinski definition) is 2. The van der Waals surface area contributed by atoms with Crippen LogP contribution in [0.2, 0.25) is 0 Å².